The second-order valence-corrected chi connectivity index (χ2v) is 4.53. The van der Waals surface area contributed by atoms with E-state index in [-0.39, 0.29) is 11.3 Å². The molecule has 2 rings (SSSR count). The first-order chi connectivity index (χ1) is 7.41. The molecule has 0 saturated heterocycles. The van der Waals surface area contributed by atoms with Crippen LogP contribution in [0, 0.1) is 11.6 Å². The van der Waals surface area contributed by atoms with E-state index in [0.29, 0.717) is 25.0 Å². The van der Waals surface area contributed by atoms with E-state index < -0.39 is 17.2 Å². The molecule has 0 bridgehead atoms. The minimum Gasteiger partial charge on any atom is -0.493 e. The Bertz CT molecular complexity index is 422. The Morgan fingerprint density at radius 3 is 2.62 bits per heavy atom. The van der Waals surface area contributed by atoms with Crippen molar-refractivity contribution in [1.82, 2.24) is 0 Å². The molecular weight excluding hydrogens is 214 g/mol. The molecule has 0 radical (unpaired) electrons. The lowest BCUT2D eigenvalue weighted by Gasteiger charge is -2.27. The zero-order chi connectivity index (χ0) is 11.9. The number of hydrogen-bond donors (Lipinski definition) is 1. The summed E-state index contributed by atoms with van der Waals surface area (Å²) in [5.74, 6) is -1.18. The Hall–Kier alpha value is -1.16. The molecule has 88 valence electrons. The average molecular weight is 228 g/mol. The van der Waals surface area contributed by atoms with Crippen molar-refractivity contribution in [1.29, 1.82) is 0 Å². The van der Waals surface area contributed by atoms with Crippen LogP contribution < -0.4 is 4.74 Å². The fourth-order valence-electron chi connectivity index (χ4n) is 2.02. The van der Waals surface area contributed by atoms with E-state index in [0.717, 1.165) is 6.07 Å². The molecule has 1 aromatic rings. The molecule has 1 N–H and O–H groups in total. The van der Waals surface area contributed by atoms with Gasteiger partial charge in [-0.3, -0.25) is 0 Å². The topological polar surface area (TPSA) is 29.5 Å². The van der Waals surface area contributed by atoms with Crippen molar-refractivity contribution in [3.8, 4) is 5.75 Å². The van der Waals surface area contributed by atoms with Crippen molar-refractivity contribution in [2.75, 3.05) is 6.61 Å². The lowest BCUT2D eigenvalue weighted by molar-refractivity contribution is 0.0693. The van der Waals surface area contributed by atoms with Crippen LogP contribution in [-0.4, -0.2) is 11.7 Å². The maximum Gasteiger partial charge on any atom is 0.135 e. The van der Waals surface area contributed by atoms with Crippen molar-refractivity contribution in [2.24, 2.45) is 0 Å². The summed E-state index contributed by atoms with van der Waals surface area (Å²) < 4.78 is 32.5. The molecule has 16 heavy (non-hydrogen) atoms. The van der Waals surface area contributed by atoms with Crippen molar-refractivity contribution in [2.45, 2.75) is 32.3 Å². The number of halogens is 2. The van der Waals surface area contributed by atoms with Crippen LogP contribution in [0.3, 0.4) is 0 Å². The zero-order valence-electron chi connectivity index (χ0n) is 9.31. The highest BCUT2D eigenvalue weighted by atomic mass is 19.1. The molecule has 0 aromatic heterocycles. The minimum absolute atomic E-state index is 0.0450. The standard InChI is InChI=1S/C12H14F2O2/c1-12(2,15)10-9(14)6-8(13)7-4-3-5-16-11(7)10/h6,15H,3-5H2,1-2H3. The second-order valence-electron chi connectivity index (χ2n) is 4.53. The first-order valence-corrected chi connectivity index (χ1v) is 5.28. The third-order valence-electron chi connectivity index (χ3n) is 2.71. The van der Waals surface area contributed by atoms with Crippen LogP contribution in [0.2, 0.25) is 0 Å². The molecule has 0 aliphatic carbocycles. The lowest BCUT2D eigenvalue weighted by Crippen LogP contribution is -2.23. The lowest BCUT2D eigenvalue weighted by atomic mass is 9.91. The molecule has 0 unspecified atom stereocenters. The molecule has 0 atom stereocenters. The molecule has 1 heterocycles. The highest BCUT2D eigenvalue weighted by Gasteiger charge is 2.31. The van der Waals surface area contributed by atoms with Gasteiger partial charge in [-0.2, -0.15) is 0 Å². The summed E-state index contributed by atoms with van der Waals surface area (Å²) in [6.45, 7) is 3.35. The molecule has 2 nitrogen and oxygen atoms in total. The summed E-state index contributed by atoms with van der Waals surface area (Å²) in [4.78, 5) is 0. The van der Waals surface area contributed by atoms with Gasteiger partial charge in [-0.05, 0) is 26.7 Å². The van der Waals surface area contributed by atoms with Crippen LogP contribution in [-0.2, 0) is 12.0 Å². The van der Waals surface area contributed by atoms with E-state index in [2.05, 4.69) is 0 Å². The van der Waals surface area contributed by atoms with Gasteiger partial charge in [-0.1, -0.05) is 0 Å². The van der Waals surface area contributed by atoms with E-state index in [1.165, 1.54) is 13.8 Å². The number of rotatable bonds is 1. The fourth-order valence-corrected chi connectivity index (χ4v) is 2.02. The highest BCUT2D eigenvalue weighted by molar-refractivity contribution is 5.47. The predicted octanol–water partition coefficient (Wildman–Crippen LogP) is 2.52. The maximum absolute atomic E-state index is 13.7. The van der Waals surface area contributed by atoms with Gasteiger partial charge in [0, 0.05) is 11.6 Å². The Morgan fingerprint density at radius 2 is 2.00 bits per heavy atom. The van der Waals surface area contributed by atoms with Crippen molar-refractivity contribution in [3.63, 3.8) is 0 Å². The summed E-state index contributed by atoms with van der Waals surface area (Å²) in [6.07, 6.45) is 1.23. The quantitative estimate of drug-likeness (QED) is 0.800. The van der Waals surface area contributed by atoms with Gasteiger partial charge in [0.25, 0.3) is 0 Å². The second kappa shape index (κ2) is 3.70. The molecule has 1 aliphatic rings. The molecule has 0 saturated carbocycles. The van der Waals surface area contributed by atoms with Gasteiger partial charge in [0.2, 0.25) is 0 Å². The first kappa shape index (κ1) is 11.3. The summed E-state index contributed by atoms with van der Waals surface area (Å²) >= 11 is 0. The van der Waals surface area contributed by atoms with Gasteiger partial charge >= 0.3 is 0 Å². The van der Waals surface area contributed by atoms with E-state index >= 15 is 0 Å². The summed E-state index contributed by atoms with van der Waals surface area (Å²) in [6, 6.07) is 0.820. The number of hydrogen-bond acceptors (Lipinski definition) is 2. The van der Waals surface area contributed by atoms with Gasteiger partial charge in [-0.15, -0.1) is 0 Å². The van der Waals surface area contributed by atoms with Crippen LogP contribution in [0.4, 0.5) is 8.78 Å². The smallest absolute Gasteiger partial charge is 0.135 e. The van der Waals surface area contributed by atoms with Crippen LogP contribution in [0.5, 0.6) is 5.75 Å². The Balaban J connectivity index is 2.68. The third kappa shape index (κ3) is 1.78. The summed E-state index contributed by atoms with van der Waals surface area (Å²) in [5.41, 5.74) is -0.965. The van der Waals surface area contributed by atoms with Crippen molar-refractivity contribution < 1.29 is 18.6 Å². The Labute approximate surface area is 92.9 Å². The molecular formula is C12H14F2O2. The van der Waals surface area contributed by atoms with Crippen molar-refractivity contribution >= 4 is 0 Å². The highest BCUT2D eigenvalue weighted by Crippen LogP contribution is 2.38. The summed E-state index contributed by atoms with van der Waals surface area (Å²) in [7, 11) is 0. The molecule has 0 amide bonds. The normalized spacial score (nSPS) is 15.6. The monoisotopic (exact) mass is 228 g/mol. The van der Waals surface area contributed by atoms with Gasteiger partial charge in [-0.25, -0.2) is 8.78 Å². The SMILES string of the molecule is CC(C)(O)c1c(F)cc(F)c2c1OCCC2. The molecule has 1 aromatic carbocycles. The largest absolute Gasteiger partial charge is 0.493 e. The van der Waals surface area contributed by atoms with Crippen LogP contribution in [0.1, 0.15) is 31.4 Å². The average Bonchev–Trinajstić information content (AvgIpc) is 2.15. The predicted molar refractivity (Wildman–Crippen MR) is 55.4 cm³/mol. The van der Waals surface area contributed by atoms with E-state index in [1.807, 2.05) is 0 Å². The van der Waals surface area contributed by atoms with Gasteiger partial charge in [0.1, 0.15) is 17.4 Å². The van der Waals surface area contributed by atoms with Crippen molar-refractivity contribution in [3.05, 3.63) is 28.8 Å². The zero-order valence-corrected chi connectivity index (χ0v) is 9.31. The maximum atomic E-state index is 13.7. The third-order valence-corrected chi connectivity index (χ3v) is 2.71. The van der Waals surface area contributed by atoms with E-state index in [9.17, 15) is 13.9 Å². The van der Waals surface area contributed by atoms with Gasteiger partial charge in [0.05, 0.1) is 17.8 Å². The summed E-state index contributed by atoms with van der Waals surface area (Å²) in [5, 5.41) is 9.87. The Kier molecular flexibility index (Phi) is 2.62. The van der Waals surface area contributed by atoms with Crippen LogP contribution >= 0.6 is 0 Å². The van der Waals surface area contributed by atoms with E-state index in [4.69, 9.17) is 4.74 Å². The van der Waals surface area contributed by atoms with Gasteiger partial charge < -0.3 is 9.84 Å². The Morgan fingerprint density at radius 1 is 1.31 bits per heavy atom. The number of fused-ring (bicyclic) bond motifs is 1. The molecule has 0 fully saturated rings. The van der Waals surface area contributed by atoms with E-state index in [1.54, 1.807) is 0 Å². The number of ether oxygens (including phenoxy) is 1. The fraction of sp³-hybridized carbons (Fsp3) is 0.500. The molecule has 1 aliphatic heterocycles. The first-order valence-electron chi connectivity index (χ1n) is 5.28. The minimum atomic E-state index is -1.38. The number of benzene rings is 1. The van der Waals surface area contributed by atoms with Gasteiger partial charge in [0.15, 0.2) is 0 Å². The number of aliphatic hydroxyl groups is 1. The van der Waals surface area contributed by atoms with Crippen LogP contribution in [0.15, 0.2) is 6.07 Å². The molecule has 4 heteroatoms. The molecule has 0 spiro atoms. The van der Waals surface area contributed by atoms with Crippen LogP contribution in [0.25, 0.3) is 0 Å².